The maximum absolute atomic E-state index is 12.7. The fourth-order valence-electron chi connectivity index (χ4n) is 1.58. The second-order valence-electron chi connectivity index (χ2n) is 3.50. The van der Waals surface area contributed by atoms with E-state index in [2.05, 4.69) is 10.1 Å². The van der Waals surface area contributed by atoms with E-state index in [0.717, 1.165) is 6.20 Å². The summed E-state index contributed by atoms with van der Waals surface area (Å²) in [7, 11) is 0. The predicted octanol–water partition coefficient (Wildman–Crippen LogP) is 2.17. The van der Waals surface area contributed by atoms with Gasteiger partial charge in [0.2, 0.25) is 0 Å². The number of aliphatic hydroxyl groups excluding tert-OH is 1. The second kappa shape index (κ2) is 4.81. The molecule has 0 aliphatic rings. The molecule has 17 heavy (non-hydrogen) atoms. The van der Waals surface area contributed by atoms with Gasteiger partial charge in [-0.3, -0.25) is 9.67 Å². The molecule has 0 saturated heterocycles. The Morgan fingerprint density at radius 1 is 1.47 bits per heavy atom. The van der Waals surface area contributed by atoms with E-state index in [-0.39, 0.29) is 0 Å². The number of nitrogens with zero attached hydrogens (tertiary/aromatic N) is 3. The van der Waals surface area contributed by atoms with E-state index in [1.807, 2.05) is 6.92 Å². The Bertz CT molecular complexity index is 512. The molecule has 1 atom stereocenters. The number of hydrogen-bond donors (Lipinski definition) is 1. The fraction of sp³-hybridized carbons (Fsp3) is 0.273. The van der Waals surface area contributed by atoms with Crippen molar-refractivity contribution < 1.29 is 9.50 Å². The monoisotopic (exact) mass is 255 g/mol. The first-order chi connectivity index (χ1) is 8.13. The molecule has 0 aliphatic heterocycles. The summed E-state index contributed by atoms with van der Waals surface area (Å²) < 4.78 is 14.3. The number of hydrogen-bond acceptors (Lipinski definition) is 3. The maximum Gasteiger partial charge on any atom is 0.141 e. The number of aliphatic hydroxyl groups is 1. The summed E-state index contributed by atoms with van der Waals surface area (Å²) in [6, 6.07) is 2.66. The number of aromatic nitrogens is 3. The Morgan fingerprint density at radius 2 is 2.24 bits per heavy atom. The lowest BCUT2D eigenvalue weighted by Gasteiger charge is -2.12. The summed E-state index contributed by atoms with van der Waals surface area (Å²) in [4.78, 5) is 3.83. The number of pyridine rings is 1. The van der Waals surface area contributed by atoms with Crippen LogP contribution in [0.15, 0.2) is 24.5 Å². The zero-order chi connectivity index (χ0) is 12.4. The van der Waals surface area contributed by atoms with E-state index in [0.29, 0.717) is 23.0 Å². The highest BCUT2D eigenvalue weighted by Gasteiger charge is 2.20. The molecule has 6 heteroatoms. The van der Waals surface area contributed by atoms with Gasteiger partial charge >= 0.3 is 0 Å². The zero-order valence-electron chi connectivity index (χ0n) is 9.14. The molecule has 2 aromatic heterocycles. The lowest BCUT2D eigenvalue weighted by molar-refractivity contribution is 0.203. The predicted molar refractivity (Wildman–Crippen MR) is 61.2 cm³/mol. The van der Waals surface area contributed by atoms with E-state index in [9.17, 15) is 9.50 Å². The van der Waals surface area contributed by atoms with Crippen LogP contribution in [0.1, 0.15) is 24.4 Å². The van der Waals surface area contributed by atoms with Gasteiger partial charge in [0.1, 0.15) is 11.9 Å². The molecule has 90 valence electrons. The van der Waals surface area contributed by atoms with Gasteiger partial charge in [-0.1, -0.05) is 11.6 Å². The van der Waals surface area contributed by atoms with Crippen LogP contribution in [0.3, 0.4) is 0 Å². The van der Waals surface area contributed by atoms with Crippen molar-refractivity contribution in [3.8, 4) is 0 Å². The lowest BCUT2D eigenvalue weighted by Crippen LogP contribution is -2.10. The molecule has 2 heterocycles. The van der Waals surface area contributed by atoms with Gasteiger partial charge in [0.25, 0.3) is 0 Å². The molecule has 0 aliphatic carbocycles. The first kappa shape index (κ1) is 12.0. The van der Waals surface area contributed by atoms with E-state index in [1.165, 1.54) is 18.3 Å². The molecular weight excluding hydrogens is 245 g/mol. The van der Waals surface area contributed by atoms with E-state index < -0.39 is 11.9 Å². The molecule has 1 unspecified atom stereocenters. The van der Waals surface area contributed by atoms with Gasteiger partial charge in [0.05, 0.1) is 28.8 Å². The van der Waals surface area contributed by atoms with Crippen molar-refractivity contribution in [3.05, 3.63) is 46.8 Å². The highest BCUT2D eigenvalue weighted by atomic mass is 35.5. The summed E-state index contributed by atoms with van der Waals surface area (Å²) in [5, 5.41) is 14.5. The van der Waals surface area contributed by atoms with Crippen molar-refractivity contribution in [1.29, 1.82) is 0 Å². The normalized spacial score (nSPS) is 12.7. The third-order valence-electron chi connectivity index (χ3n) is 2.42. The highest BCUT2D eigenvalue weighted by molar-refractivity contribution is 6.31. The van der Waals surface area contributed by atoms with Crippen LogP contribution in [0, 0.1) is 5.82 Å². The first-order valence-electron chi connectivity index (χ1n) is 5.14. The highest BCUT2D eigenvalue weighted by Crippen LogP contribution is 2.26. The zero-order valence-corrected chi connectivity index (χ0v) is 9.89. The van der Waals surface area contributed by atoms with E-state index in [4.69, 9.17) is 11.6 Å². The van der Waals surface area contributed by atoms with Crippen molar-refractivity contribution in [3.63, 3.8) is 0 Å². The summed E-state index contributed by atoms with van der Waals surface area (Å²) in [5.74, 6) is -0.448. The number of halogens is 2. The molecule has 1 N–H and O–H groups in total. The fourth-order valence-corrected chi connectivity index (χ4v) is 1.83. The first-order valence-corrected chi connectivity index (χ1v) is 5.52. The Balaban J connectivity index is 2.39. The van der Waals surface area contributed by atoms with E-state index >= 15 is 0 Å². The Kier molecular flexibility index (Phi) is 3.40. The van der Waals surface area contributed by atoms with Gasteiger partial charge in [-0.2, -0.15) is 5.10 Å². The van der Waals surface area contributed by atoms with Crippen molar-refractivity contribution >= 4 is 11.6 Å². The quantitative estimate of drug-likeness (QED) is 0.915. The molecule has 0 amide bonds. The van der Waals surface area contributed by atoms with E-state index in [1.54, 1.807) is 4.68 Å². The summed E-state index contributed by atoms with van der Waals surface area (Å²) in [5.41, 5.74) is 0.803. The Hall–Kier alpha value is -1.46. The lowest BCUT2D eigenvalue weighted by atomic mass is 10.1. The van der Waals surface area contributed by atoms with Crippen molar-refractivity contribution in [2.75, 3.05) is 0 Å². The van der Waals surface area contributed by atoms with Crippen molar-refractivity contribution in [2.45, 2.75) is 19.6 Å². The minimum absolute atomic E-state index is 0.337. The number of aryl methyl sites for hydroxylation is 1. The smallest absolute Gasteiger partial charge is 0.141 e. The molecule has 4 nitrogen and oxygen atoms in total. The van der Waals surface area contributed by atoms with Crippen molar-refractivity contribution in [1.82, 2.24) is 14.8 Å². The van der Waals surface area contributed by atoms with Gasteiger partial charge in [0.15, 0.2) is 0 Å². The minimum atomic E-state index is -1.01. The minimum Gasteiger partial charge on any atom is -0.380 e. The van der Waals surface area contributed by atoms with Crippen LogP contribution < -0.4 is 0 Å². The molecule has 0 fully saturated rings. The third kappa shape index (κ3) is 2.30. The van der Waals surface area contributed by atoms with Crippen LogP contribution in [0.25, 0.3) is 0 Å². The average Bonchev–Trinajstić information content (AvgIpc) is 2.70. The van der Waals surface area contributed by atoms with Gasteiger partial charge in [-0.05, 0) is 19.1 Å². The van der Waals surface area contributed by atoms with Crippen LogP contribution >= 0.6 is 11.6 Å². The van der Waals surface area contributed by atoms with Crippen LogP contribution in [0.5, 0.6) is 0 Å². The van der Waals surface area contributed by atoms with Gasteiger partial charge in [-0.25, -0.2) is 4.39 Å². The van der Waals surface area contributed by atoms with Crippen molar-refractivity contribution in [2.24, 2.45) is 0 Å². The largest absolute Gasteiger partial charge is 0.380 e. The Morgan fingerprint density at radius 3 is 2.82 bits per heavy atom. The number of rotatable bonds is 3. The topological polar surface area (TPSA) is 50.9 Å². The van der Waals surface area contributed by atoms with Gasteiger partial charge in [-0.15, -0.1) is 0 Å². The molecule has 2 rings (SSSR count). The SMILES string of the molecule is CCn1ncc(Cl)c1C(O)c1ccc(F)cn1. The van der Waals surface area contributed by atoms with Crippen LogP contribution in [-0.2, 0) is 6.54 Å². The molecule has 0 aromatic carbocycles. The van der Waals surface area contributed by atoms with Crippen LogP contribution in [-0.4, -0.2) is 19.9 Å². The molecule has 0 bridgehead atoms. The molecule has 0 spiro atoms. The van der Waals surface area contributed by atoms with Gasteiger partial charge < -0.3 is 5.11 Å². The summed E-state index contributed by atoms with van der Waals surface area (Å²) >= 11 is 5.95. The summed E-state index contributed by atoms with van der Waals surface area (Å²) in [6.45, 7) is 2.47. The van der Waals surface area contributed by atoms with Crippen LogP contribution in [0.4, 0.5) is 4.39 Å². The molecule has 0 radical (unpaired) electrons. The third-order valence-corrected chi connectivity index (χ3v) is 2.71. The molecule has 0 saturated carbocycles. The maximum atomic E-state index is 12.7. The van der Waals surface area contributed by atoms with Crippen LogP contribution in [0.2, 0.25) is 5.02 Å². The standard InChI is InChI=1S/C11H11ClFN3O/c1-2-16-10(8(12)6-15-16)11(17)9-4-3-7(13)5-14-9/h3-6,11,17H,2H2,1H3. The second-order valence-corrected chi connectivity index (χ2v) is 3.90. The average molecular weight is 256 g/mol. The molecular formula is C11H11ClFN3O. The molecule has 2 aromatic rings. The van der Waals surface area contributed by atoms with Gasteiger partial charge in [0, 0.05) is 6.54 Å². The summed E-state index contributed by atoms with van der Waals surface area (Å²) in [6.07, 6.45) is 1.51. The Labute approximate surface area is 103 Å².